The Hall–Kier alpha value is -1.05. The molecule has 0 aliphatic heterocycles. The van der Waals surface area contributed by atoms with Crippen molar-refractivity contribution in [2.24, 2.45) is 5.73 Å². The van der Waals surface area contributed by atoms with Crippen LogP contribution >= 0.6 is 23.1 Å². The molecule has 2 unspecified atom stereocenters. The lowest BCUT2D eigenvalue weighted by Crippen LogP contribution is -2.26. The smallest absolute Gasteiger partial charge is 0.326 e. The normalized spacial score (nSPS) is 14.6. The molecule has 2 rings (SSSR count). The van der Waals surface area contributed by atoms with E-state index in [0.29, 0.717) is 5.16 Å². The summed E-state index contributed by atoms with van der Waals surface area (Å²) in [7, 11) is 0. The molecule has 0 radical (unpaired) electrons. The van der Waals surface area contributed by atoms with Crippen LogP contribution < -0.4 is 11.4 Å². The fourth-order valence-electron chi connectivity index (χ4n) is 2.17. The Morgan fingerprint density at radius 2 is 2.24 bits per heavy atom. The predicted octanol–water partition coefficient (Wildman–Crippen LogP) is 3.09. The van der Waals surface area contributed by atoms with E-state index < -0.39 is 0 Å². The summed E-state index contributed by atoms with van der Waals surface area (Å²) in [6, 6.07) is 2.21. The maximum atomic E-state index is 11.9. The van der Waals surface area contributed by atoms with Crippen LogP contribution in [0, 0.1) is 6.92 Å². The summed E-state index contributed by atoms with van der Waals surface area (Å²) >= 11 is 3.29. The van der Waals surface area contributed by atoms with Crippen molar-refractivity contribution >= 4 is 23.1 Å². The lowest BCUT2D eigenvalue weighted by molar-refractivity contribution is 0.531. The number of aromatic nitrogens is 3. The van der Waals surface area contributed by atoms with Gasteiger partial charge in [-0.25, -0.2) is 9.89 Å². The molecule has 3 N–H and O–H groups in total. The number of hydrogen-bond donors (Lipinski definition) is 2. The molecule has 0 saturated heterocycles. The fraction of sp³-hybridized carbons (Fsp3) is 0.571. The third kappa shape index (κ3) is 3.41. The van der Waals surface area contributed by atoms with Crippen molar-refractivity contribution in [2.45, 2.75) is 56.6 Å². The molecule has 0 fully saturated rings. The third-order valence-electron chi connectivity index (χ3n) is 3.44. The van der Waals surface area contributed by atoms with Gasteiger partial charge >= 0.3 is 5.69 Å². The zero-order valence-electron chi connectivity index (χ0n) is 12.8. The molecule has 0 aromatic carbocycles. The highest BCUT2D eigenvalue weighted by Crippen LogP contribution is 2.41. The van der Waals surface area contributed by atoms with Crippen LogP contribution in [0.5, 0.6) is 0 Å². The van der Waals surface area contributed by atoms with E-state index in [9.17, 15) is 4.79 Å². The van der Waals surface area contributed by atoms with Crippen LogP contribution in [0.25, 0.3) is 0 Å². The molecule has 116 valence electrons. The first-order chi connectivity index (χ1) is 9.95. The van der Waals surface area contributed by atoms with E-state index in [1.165, 1.54) is 10.4 Å². The molecular weight excluding hydrogens is 304 g/mol. The van der Waals surface area contributed by atoms with Gasteiger partial charge in [-0.1, -0.05) is 18.7 Å². The minimum atomic E-state index is -0.167. The van der Waals surface area contributed by atoms with Gasteiger partial charge in [-0.15, -0.1) is 16.4 Å². The Morgan fingerprint density at radius 3 is 2.76 bits per heavy atom. The molecule has 5 nitrogen and oxygen atoms in total. The van der Waals surface area contributed by atoms with E-state index in [0.717, 1.165) is 6.42 Å². The first-order valence-corrected chi connectivity index (χ1v) is 8.84. The van der Waals surface area contributed by atoms with Gasteiger partial charge in [-0.05, 0) is 44.2 Å². The highest BCUT2D eigenvalue weighted by Gasteiger charge is 2.26. The Kier molecular flexibility index (Phi) is 5.29. The number of aromatic amines is 1. The second kappa shape index (κ2) is 6.81. The largest absolute Gasteiger partial charge is 0.344 e. The third-order valence-corrected chi connectivity index (χ3v) is 6.03. The average Bonchev–Trinajstić information content (AvgIpc) is 3.01. The molecule has 2 aromatic rings. The summed E-state index contributed by atoms with van der Waals surface area (Å²) in [5, 5.41) is 9.61. The van der Waals surface area contributed by atoms with Crippen LogP contribution in [-0.2, 0) is 0 Å². The van der Waals surface area contributed by atoms with Crippen LogP contribution in [0.2, 0.25) is 0 Å². The van der Waals surface area contributed by atoms with Crippen LogP contribution in [0.1, 0.15) is 48.9 Å². The molecular formula is C14H22N4OS2. The van der Waals surface area contributed by atoms with E-state index in [4.69, 9.17) is 5.73 Å². The first kappa shape index (κ1) is 16.3. The van der Waals surface area contributed by atoms with Gasteiger partial charge in [0.2, 0.25) is 0 Å². The minimum absolute atomic E-state index is 0.0276. The summed E-state index contributed by atoms with van der Waals surface area (Å²) in [4.78, 5) is 13.1. The molecule has 0 aliphatic carbocycles. The van der Waals surface area contributed by atoms with E-state index in [1.807, 2.05) is 13.8 Å². The minimum Gasteiger partial charge on any atom is -0.326 e. The second-order valence-electron chi connectivity index (χ2n) is 5.35. The van der Waals surface area contributed by atoms with Crippen molar-refractivity contribution in [1.82, 2.24) is 14.8 Å². The molecule has 21 heavy (non-hydrogen) atoms. The molecule has 2 atom stereocenters. The van der Waals surface area contributed by atoms with Crippen molar-refractivity contribution in [1.29, 1.82) is 0 Å². The second-order valence-corrected chi connectivity index (χ2v) is 7.41. The van der Waals surface area contributed by atoms with Crippen LogP contribution in [0.3, 0.4) is 0 Å². The van der Waals surface area contributed by atoms with E-state index >= 15 is 0 Å². The molecule has 0 spiro atoms. The Morgan fingerprint density at radius 1 is 1.52 bits per heavy atom. The average molecular weight is 326 g/mol. The molecule has 2 aromatic heterocycles. The monoisotopic (exact) mass is 326 g/mol. The molecule has 0 amide bonds. The number of hydrogen-bond acceptors (Lipinski definition) is 5. The maximum absolute atomic E-state index is 11.9. The molecule has 0 bridgehead atoms. The SMILES string of the molecule is CCC(N)C(Sc1n[nH]c(=O)n1C(C)C)c1sccc1C. The van der Waals surface area contributed by atoms with Gasteiger partial charge in [0.1, 0.15) is 0 Å². The summed E-state index contributed by atoms with van der Waals surface area (Å²) in [6.45, 7) is 8.14. The van der Waals surface area contributed by atoms with Crippen molar-refractivity contribution in [3.05, 3.63) is 32.4 Å². The van der Waals surface area contributed by atoms with Crippen LogP contribution in [0.15, 0.2) is 21.4 Å². The molecule has 2 heterocycles. The summed E-state index contributed by atoms with van der Waals surface area (Å²) in [6.07, 6.45) is 0.880. The van der Waals surface area contributed by atoms with E-state index in [-0.39, 0.29) is 23.0 Å². The van der Waals surface area contributed by atoms with Crippen molar-refractivity contribution in [3.8, 4) is 0 Å². The Bertz CT molecular complexity index is 643. The van der Waals surface area contributed by atoms with Crippen molar-refractivity contribution in [3.63, 3.8) is 0 Å². The van der Waals surface area contributed by atoms with Gasteiger partial charge in [0.05, 0.1) is 5.25 Å². The van der Waals surface area contributed by atoms with E-state index in [1.54, 1.807) is 27.7 Å². The number of nitrogens with zero attached hydrogens (tertiary/aromatic N) is 2. The summed E-state index contributed by atoms with van der Waals surface area (Å²) in [5.74, 6) is 0. The van der Waals surface area contributed by atoms with Gasteiger partial charge in [-0.2, -0.15) is 0 Å². The maximum Gasteiger partial charge on any atom is 0.344 e. The summed E-state index contributed by atoms with van der Waals surface area (Å²) < 4.78 is 1.68. The van der Waals surface area contributed by atoms with Crippen LogP contribution in [-0.4, -0.2) is 20.8 Å². The zero-order chi connectivity index (χ0) is 15.6. The Balaban J connectivity index is 2.37. The van der Waals surface area contributed by atoms with Gasteiger partial charge < -0.3 is 5.73 Å². The number of thiophene rings is 1. The number of rotatable bonds is 6. The quantitative estimate of drug-likeness (QED) is 0.800. The lowest BCUT2D eigenvalue weighted by Gasteiger charge is -2.22. The topological polar surface area (TPSA) is 76.7 Å². The predicted molar refractivity (Wildman–Crippen MR) is 89.2 cm³/mol. The number of nitrogens with one attached hydrogen (secondary N) is 1. The standard InChI is InChI=1S/C14H22N4OS2/c1-5-10(15)12(11-9(4)6-7-20-11)21-14-17-16-13(19)18(14)8(2)3/h6-8,10,12H,5,15H2,1-4H3,(H,16,19). The van der Waals surface area contributed by atoms with Gasteiger partial charge in [0, 0.05) is 17.0 Å². The van der Waals surface area contributed by atoms with Crippen molar-refractivity contribution < 1.29 is 0 Å². The zero-order valence-corrected chi connectivity index (χ0v) is 14.4. The van der Waals surface area contributed by atoms with E-state index in [2.05, 4.69) is 35.5 Å². The molecule has 0 saturated carbocycles. The number of H-pyrrole nitrogens is 1. The fourth-order valence-corrected chi connectivity index (χ4v) is 4.85. The Labute approximate surface area is 132 Å². The highest BCUT2D eigenvalue weighted by atomic mass is 32.2. The lowest BCUT2D eigenvalue weighted by atomic mass is 10.1. The molecule has 0 aliphatic rings. The first-order valence-electron chi connectivity index (χ1n) is 7.08. The number of nitrogens with two attached hydrogens (primary N) is 1. The number of aryl methyl sites for hydroxylation is 1. The highest BCUT2D eigenvalue weighted by molar-refractivity contribution is 7.99. The molecule has 7 heteroatoms. The number of thioether (sulfide) groups is 1. The summed E-state index contributed by atoms with van der Waals surface area (Å²) in [5.41, 5.74) is 7.40. The van der Waals surface area contributed by atoms with Gasteiger partial charge in [0.15, 0.2) is 5.16 Å². The van der Waals surface area contributed by atoms with Crippen molar-refractivity contribution in [2.75, 3.05) is 0 Å². The van der Waals surface area contributed by atoms with Gasteiger partial charge in [-0.3, -0.25) is 4.57 Å². The van der Waals surface area contributed by atoms with Crippen LogP contribution in [0.4, 0.5) is 0 Å². The van der Waals surface area contributed by atoms with Gasteiger partial charge in [0.25, 0.3) is 0 Å².